The van der Waals surface area contributed by atoms with E-state index in [0.29, 0.717) is 0 Å². The molecule has 0 amide bonds. The maximum atomic E-state index is 11.2. The lowest BCUT2D eigenvalue weighted by Gasteiger charge is -2.33. The van der Waals surface area contributed by atoms with Crippen LogP contribution in [0.1, 0.15) is 45.6 Å². The molecule has 2 heterocycles. The van der Waals surface area contributed by atoms with Gasteiger partial charge in [-0.05, 0) is 24.3 Å². The van der Waals surface area contributed by atoms with Crippen LogP contribution in [0.25, 0.3) is 0 Å². The molecule has 14 nitrogen and oxygen atoms in total. The monoisotopic (exact) mass is 624 g/mol. The highest BCUT2D eigenvalue weighted by molar-refractivity contribution is 5.64. The Labute approximate surface area is 253 Å². The fraction of sp³-hybridized carbons (Fsp3) is 0.226. The van der Waals surface area contributed by atoms with Crippen molar-refractivity contribution in [1.82, 2.24) is 0 Å². The van der Waals surface area contributed by atoms with Crippen molar-refractivity contribution in [2.45, 2.75) is 43.7 Å². The molecule has 0 aromatic heterocycles. The summed E-state index contributed by atoms with van der Waals surface area (Å²) in [6, 6.07) is 6.49. The molecule has 45 heavy (non-hydrogen) atoms. The van der Waals surface area contributed by atoms with Gasteiger partial charge in [0.05, 0.1) is 12.2 Å². The normalized spacial score (nSPS) is 20.5. The second-order valence-corrected chi connectivity index (χ2v) is 11.0. The predicted octanol–water partition coefficient (Wildman–Crippen LogP) is 2.41. The third-order valence-electron chi connectivity index (χ3n) is 8.10. The first-order valence-corrected chi connectivity index (χ1v) is 13.6. The number of fused-ring (bicyclic) bond motifs is 2. The minimum atomic E-state index is -1.32. The van der Waals surface area contributed by atoms with Gasteiger partial charge >= 0.3 is 0 Å². The topological polar surface area (TPSA) is 261 Å². The zero-order valence-corrected chi connectivity index (χ0v) is 23.1. The van der Waals surface area contributed by atoms with Crippen LogP contribution in [-0.2, 0) is 19.3 Å². The van der Waals surface area contributed by atoms with Crippen LogP contribution in [0.15, 0.2) is 36.4 Å². The lowest BCUT2D eigenvalue weighted by molar-refractivity contribution is 0.0188. The summed E-state index contributed by atoms with van der Waals surface area (Å²) in [5.41, 5.74) is 0.229. The Kier molecular flexibility index (Phi) is 6.90. The van der Waals surface area contributed by atoms with Gasteiger partial charge in [-0.15, -0.1) is 0 Å². The number of ether oxygens (including phenoxy) is 2. The molecule has 0 fully saturated rings. The Morgan fingerprint density at radius 2 is 0.956 bits per heavy atom. The third kappa shape index (κ3) is 4.85. The highest BCUT2D eigenvalue weighted by Crippen LogP contribution is 2.51. The van der Waals surface area contributed by atoms with Gasteiger partial charge < -0.3 is 70.8 Å². The summed E-state index contributed by atoms with van der Waals surface area (Å²) in [5.74, 6) is -6.20. The average molecular weight is 625 g/mol. The second-order valence-electron chi connectivity index (χ2n) is 11.0. The summed E-state index contributed by atoms with van der Waals surface area (Å²) in [6.45, 7) is 0. The zero-order valence-electron chi connectivity index (χ0n) is 23.1. The molecule has 0 saturated heterocycles. The van der Waals surface area contributed by atoms with Crippen LogP contribution in [0.5, 0.6) is 69.0 Å². The van der Waals surface area contributed by atoms with Gasteiger partial charge in [-0.1, -0.05) is 0 Å². The molecule has 0 radical (unpaired) electrons. The SMILES string of the molecule is Oc1cc(C2Oc3cc(O)c(Cc4c(O)cc(O)c5c4OC(c4cc(O)c(O)c(O)c4)C(O)C5)c(O)c3CC2O)cc(O)c1O. The van der Waals surface area contributed by atoms with E-state index in [4.69, 9.17) is 9.47 Å². The highest BCUT2D eigenvalue weighted by atomic mass is 16.5. The van der Waals surface area contributed by atoms with Crippen molar-refractivity contribution < 1.29 is 70.8 Å². The molecule has 2 aliphatic rings. The molecule has 6 rings (SSSR count). The van der Waals surface area contributed by atoms with E-state index in [0.717, 1.165) is 30.3 Å². The Morgan fingerprint density at radius 3 is 1.49 bits per heavy atom. The molecule has 236 valence electrons. The number of benzene rings is 4. The van der Waals surface area contributed by atoms with Gasteiger partial charge in [0.15, 0.2) is 46.7 Å². The summed E-state index contributed by atoms with van der Waals surface area (Å²) in [4.78, 5) is 0. The molecule has 4 aromatic carbocycles. The number of aliphatic hydroxyl groups is 2. The van der Waals surface area contributed by atoms with E-state index in [1.807, 2.05) is 0 Å². The van der Waals surface area contributed by atoms with Crippen molar-refractivity contribution in [2.75, 3.05) is 0 Å². The third-order valence-corrected chi connectivity index (χ3v) is 8.10. The fourth-order valence-electron chi connectivity index (χ4n) is 5.81. The van der Waals surface area contributed by atoms with Crippen molar-refractivity contribution in [2.24, 2.45) is 0 Å². The lowest BCUT2D eigenvalue weighted by Crippen LogP contribution is -2.31. The van der Waals surface area contributed by atoms with Gasteiger partial charge in [-0.25, -0.2) is 0 Å². The molecule has 14 heteroatoms. The Morgan fingerprint density at radius 1 is 0.489 bits per heavy atom. The molecular weight excluding hydrogens is 596 g/mol. The first kappa shape index (κ1) is 29.5. The van der Waals surface area contributed by atoms with Crippen molar-refractivity contribution >= 4 is 0 Å². The smallest absolute Gasteiger partial charge is 0.200 e. The van der Waals surface area contributed by atoms with Crippen molar-refractivity contribution in [1.29, 1.82) is 0 Å². The number of phenolic OH excluding ortho intramolecular Hbond substituents is 10. The van der Waals surface area contributed by atoms with Gasteiger partial charge in [0, 0.05) is 64.8 Å². The minimum Gasteiger partial charge on any atom is -0.507 e. The van der Waals surface area contributed by atoms with E-state index in [1.54, 1.807) is 0 Å². The summed E-state index contributed by atoms with van der Waals surface area (Å²) in [5, 5.41) is 124. The van der Waals surface area contributed by atoms with Gasteiger partial charge in [0.2, 0.25) is 0 Å². The molecule has 0 spiro atoms. The molecule has 0 saturated carbocycles. The van der Waals surface area contributed by atoms with Crippen LogP contribution in [0.4, 0.5) is 0 Å². The van der Waals surface area contributed by atoms with Crippen LogP contribution in [0.3, 0.4) is 0 Å². The molecule has 4 unspecified atom stereocenters. The van der Waals surface area contributed by atoms with Crippen LogP contribution in [-0.4, -0.2) is 73.5 Å². The first-order valence-electron chi connectivity index (χ1n) is 13.6. The second kappa shape index (κ2) is 10.5. The number of aliphatic hydroxyl groups excluding tert-OH is 2. The summed E-state index contributed by atoms with van der Waals surface area (Å²) in [7, 11) is 0. The maximum absolute atomic E-state index is 11.2. The summed E-state index contributed by atoms with van der Waals surface area (Å²) in [6.07, 6.45) is -5.83. The largest absolute Gasteiger partial charge is 0.507 e. The molecule has 12 N–H and O–H groups in total. The number of aromatic hydroxyl groups is 10. The van der Waals surface area contributed by atoms with Gasteiger partial charge in [-0.2, -0.15) is 0 Å². The van der Waals surface area contributed by atoms with Crippen LogP contribution >= 0.6 is 0 Å². The predicted molar refractivity (Wildman–Crippen MR) is 151 cm³/mol. The maximum Gasteiger partial charge on any atom is 0.200 e. The zero-order chi connectivity index (χ0) is 32.5. The van der Waals surface area contributed by atoms with E-state index in [2.05, 4.69) is 0 Å². The van der Waals surface area contributed by atoms with Gasteiger partial charge in [-0.3, -0.25) is 0 Å². The Hall–Kier alpha value is -5.60. The molecular formula is C31H28O14. The summed E-state index contributed by atoms with van der Waals surface area (Å²) < 4.78 is 11.8. The molecule has 2 aliphatic heterocycles. The number of rotatable bonds is 4. The Balaban J connectivity index is 1.37. The standard InChI is InChI=1S/C31H28O14/c32-16-8-17(33)14-6-23(39)30(11-3-21(37)28(43)22(38)4-11)45-31(14)13(16)5-12-18(34)9-25-15(26(12)41)7-24(40)29(44-25)10-1-19(35)27(42)20(36)2-10/h1-4,8-9,23-24,29-30,32-43H,5-7H2. The number of phenols is 10. The van der Waals surface area contributed by atoms with E-state index in [1.165, 1.54) is 6.07 Å². The quantitative estimate of drug-likeness (QED) is 0.146. The minimum absolute atomic E-state index is 0.0114. The van der Waals surface area contributed by atoms with E-state index < -0.39 is 81.9 Å². The molecule has 4 aromatic rings. The summed E-state index contributed by atoms with van der Waals surface area (Å²) >= 11 is 0. The van der Waals surface area contributed by atoms with Gasteiger partial charge in [0.25, 0.3) is 0 Å². The Bertz CT molecular complexity index is 1810. The molecule has 0 aliphatic carbocycles. The fourth-order valence-corrected chi connectivity index (χ4v) is 5.81. The van der Waals surface area contributed by atoms with Crippen LogP contribution < -0.4 is 9.47 Å². The first-order chi connectivity index (χ1) is 21.2. The van der Waals surface area contributed by atoms with Crippen molar-refractivity contribution in [3.63, 3.8) is 0 Å². The molecule has 4 atom stereocenters. The van der Waals surface area contributed by atoms with E-state index in [-0.39, 0.29) is 64.1 Å². The highest BCUT2D eigenvalue weighted by Gasteiger charge is 2.37. The van der Waals surface area contributed by atoms with Gasteiger partial charge in [0.1, 0.15) is 34.5 Å². The van der Waals surface area contributed by atoms with Crippen molar-refractivity contribution in [3.05, 3.63) is 69.8 Å². The lowest BCUT2D eigenvalue weighted by atomic mass is 9.88. The van der Waals surface area contributed by atoms with E-state index in [9.17, 15) is 61.3 Å². The van der Waals surface area contributed by atoms with Crippen LogP contribution in [0.2, 0.25) is 0 Å². The number of hydrogen-bond donors (Lipinski definition) is 12. The molecule has 0 bridgehead atoms. The van der Waals surface area contributed by atoms with E-state index >= 15 is 0 Å². The van der Waals surface area contributed by atoms with Crippen LogP contribution in [0, 0.1) is 0 Å². The average Bonchev–Trinajstić information content (AvgIpc) is 2.98. The number of hydrogen-bond acceptors (Lipinski definition) is 14. The van der Waals surface area contributed by atoms with Crippen molar-refractivity contribution in [3.8, 4) is 69.0 Å².